The van der Waals surface area contributed by atoms with Crippen molar-refractivity contribution in [2.24, 2.45) is 0 Å². The van der Waals surface area contributed by atoms with Crippen molar-refractivity contribution in [3.63, 3.8) is 0 Å². The van der Waals surface area contributed by atoms with Crippen LogP contribution in [0.5, 0.6) is 11.5 Å². The molecular formula is C14H16O2. The van der Waals surface area contributed by atoms with E-state index in [0.29, 0.717) is 0 Å². The summed E-state index contributed by atoms with van der Waals surface area (Å²) in [6, 6.07) is 3.94. The molecule has 1 aliphatic rings. The quantitative estimate of drug-likeness (QED) is 0.753. The Morgan fingerprint density at radius 2 is 2.12 bits per heavy atom. The lowest BCUT2D eigenvalue weighted by Gasteiger charge is -2.28. The summed E-state index contributed by atoms with van der Waals surface area (Å²) in [7, 11) is 1.65. The van der Waals surface area contributed by atoms with Gasteiger partial charge in [-0.2, -0.15) is 0 Å². The van der Waals surface area contributed by atoms with E-state index in [1.54, 1.807) is 13.2 Å². The van der Waals surface area contributed by atoms with Gasteiger partial charge in [-0.15, -0.1) is 0 Å². The van der Waals surface area contributed by atoms with E-state index in [2.05, 4.69) is 18.7 Å². The van der Waals surface area contributed by atoms with Crippen molar-refractivity contribution >= 4 is 12.2 Å². The molecule has 0 amide bonds. The Morgan fingerprint density at radius 1 is 1.38 bits per heavy atom. The van der Waals surface area contributed by atoms with Crippen molar-refractivity contribution in [2.75, 3.05) is 7.11 Å². The zero-order valence-electron chi connectivity index (χ0n) is 9.91. The Balaban J connectivity index is 2.53. The van der Waals surface area contributed by atoms with Gasteiger partial charge in [0.1, 0.15) is 17.1 Å². The van der Waals surface area contributed by atoms with E-state index in [4.69, 9.17) is 9.47 Å². The summed E-state index contributed by atoms with van der Waals surface area (Å²) in [4.78, 5) is 0. The van der Waals surface area contributed by atoms with Gasteiger partial charge in [0.25, 0.3) is 0 Å². The second-order valence-electron chi connectivity index (χ2n) is 4.37. The molecule has 0 spiro atoms. The Bertz CT molecular complexity index is 456. The van der Waals surface area contributed by atoms with E-state index in [1.165, 1.54) is 0 Å². The SMILES string of the molecule is C=Cc1cc2c(cc1OC)OC(C)(C)C=C2. The first-order valence-corrected chi connectivity index (χ1v) is 5.28. The average molecular weight is 216 g/mol. The van der Waals surface area contributed by atoms with Crippen molar-refractivity contribution in [1.82, 2.24) is 0 Å². The van der Waals surface area contributed by atoms with Crippen molar-refractivity contribution < 1.29 is 9.47 Å². The lowest BCUT2D eigenvalue weighted by molar-refractivity contribution is 0.158. The Morgan fingerprint density at radius 3 is 2.75 bits per heavy atom. The van der Waals surface area contributed by atoms with Gasteiger partial charge in [-0.05, 0) is 26.0 Å². The van der Waals surface area contributed by atoms with Crippen molar-refractivity contribution in [3.05, 3.63) is 35.9 Å². The Hall–Kier alpha value is -1.70. The molecule has 0 saturated carbocycles. The third-order valence-corrected chi connectivity index (χ3v) is 2.62. The van der Waals surface area contributed by atoms with E-state index < -0.39 is 0 Å². The summed E-state index contributed by atoms with van der Waals surface area (Å²) in [5.74, 6) is 1.65. The summed E-state index contributed by atoms with van der Waals surface area (Å²) >= 11 is 0. The Labute approximate surface area is 96.2 Å². The molecule has 0 unspecified atom stereocenters. The third kappa shape index (κ3) is 1.83. The van der Waals surface area contributed by atoms with Crippen LogP contribution in [0.15, 0.2) is 24.8 Å². The molecule has 16 heavy (non-hydrogen) atoms. The van der Waals surface area contributed by atoms with Gasteiger partial charge in [0.2, 0.25) is 0 Å². The monoisotopic (exact) mass is 216 g/mol. The van der Waals surface area contributed by atoms with Gasteiger partial charge in [-0.1, -0.05) is 18.7 Å². The van der Waals surface area contributed by atoms with Crippen LogP contribution in [0.25, 0.3) is 12.2 Å². The molecule has 0 atom stereocenters. The minimum absolute atomic E-state index is 0.256. The van der Waals surface area contributed by atoms with E-state index in [9.17, 15) is 0 Å². The highest BCUT2D eigenvalue weighted by atomic mass is 16.5. The van der Waals surface area contributed by atoms with Crippen LogP contribution < -0.4 is 9.47 Å². The minimum atomic E-state index is -0.256. The lowest BCUT2D eigenvalue weighted by atomic mass is 10.0. The molecule has 0 aromatic heterocycles. The first-order chi connectivity index (χ1) is 7.55. The number of ether oxygens (including phenoxy) is 2. The molecule has 1 aliphatic heterocycles. The summed E-state index contributed by atoms with van der Waals surface area (Å²) in [5.41, 5.74) is 1.79. The second kappa shape index (κ2) is 3.71. The van der Waals surface area contributed by atoms with Crippen molar-refractivity contribution in [3.8, 4) is 11.5 Å². The number of benzene rings is 1. The molecular weight excluding hydrogens is 200 g/mol. The van der Waals surface area contributed by atoms with E-state index in [1.807, 2.05) is 26.0 Å². The van der Waals surface area contributed by atoms with Gasteiger partial charge in [-0.25, -0.2) is 0 Å². The zero-order valence-corrected chi connectivity index (χ0v) is 9.91. The maximum absolute atomic E-state index is 5.86. The molecule has 0 bridgehead atoms. The average Bonchev–Trinajstić information content (AvgIpc) is 2.26. The number of hydrogen-bond acceptors (Lipinski definition) is 2. The number of methoxy groups -OCH3 is 1. The largest absolute Gasteiger partial charge is 0.496 e. The minimum Gasteiger partial charge on any atom is -0.496 e. The predicted molar refractivity (Wildman–Crippen MR) is 66.8 cm³/mol. The molecule has 2 nitrogen and oxygen atoms in total. The highest BCUT2D eigenvalue weighted by Gasteiger charge is 2.22. The molecule has 84 valence electrons. The molecule has 1 aromatic rings. The predicted octanol–water partition coefficient (Wildman–Crippen LogP) is 3.52. The fourth-order valence-electron chi connectivity index (χ4n) is 1.76. The van der Waals surface area contributed by atoms with Gasteiger partial charge in [0, 0.05) is 17.2 Å². The van der Waals surface area contributed by atoms with Crippen LogP contribution in [0.4, 0.5) is 0 Å². The van der Waals surface area contributed by atoms with Gasteiger partial charge in [0.15, 0.2) is 0 Å². The van der Waals surface area contributed by atoms with Gasteiger partial charge in [0.05, 0.1) is 7.11 Å². The molecule has 2 heteroatoms. The zero-order chi connectivity index (χ0) is 11.8. The highest BCUT2D eigenvalue weighted by Crippen LogP contribution is 2.36. The van der Waals surface area contributed by atoms with Gasteiger partial charge in [-0.3, -0.25) is 0 Å². The molecule has 0 fully saturated rings. The molecule has 0 radical (unpaired) electrons. The van der Waals surface area contributed by atoms with E-state index >= 15 is 0 Å². The van der Waals surface area contributed by atoms with Crippen LogP contribution in [0.1, 0.15) is 25.0 Å². The highest BCUT2D eigenvalue weighted by molar-refractivity contribution is 5.69. The first kappa shape index (κ1) is 10.8. The van der Waals surface area contributed by atoms with Crippen molar-refractivity contribution in [1.29, 1.82) is 0 Å². The third-order valence-electron chi connectivity index (χ3n) is 2.62. The summed E-state index contributed by atoms with van der Waals surface area (Å²) in [5, 5.41) is 0. The topological polar surface area (TPSA) is 18.5 Å². The van der Waals surface area contributed by atoms with Crippen LogP contribution in [0.2, 0.25) is 0 Å². The molecule has 2 rings (SSSR count). The van der Waals surface area contributed by atoms with Gasteiger partial charge >= 0.3 is 0 Å². The standard InChI is InChI=1S/C14H16O2/c1-5-10-8-11-6-7-14(2,3)16-13(11)9-12(10)15-4/h5-9H,1H2,2-4H3. The first-order valence-electron chi connectivity index (χ1n) is 5.28. The Kier molecular flexibility index (Phi) is 2.50. The molecule has 0 N–H and O–H groups in total. The fraction of sp³-hybridized carbons (Fsp3) is 0.286. The van der Waals surface area contributed by atoms with Crippen LogP contribution in [-0.4, -0.2) is 12.7 Å². The number of fused-ring (bicyclic) bond motifs is 1. The smallest absolute Gasteiger partial charge is 0.131 e. The summed E-state index contributed by atoms with van der Waals surface area (Å²) in [6.45, 7) is 7.83. The van der Waals surface area contributed by atoms with Crippen LogP contribution in [0.3, 0.4) is 0 Å². The maximum Gasteiger partial charge on any atom is 0.131 e. The lowest BCUT2D eigenvalue weighted by Crippen LogP contribution is -2.27. The van der Waals surface area contributed by atoms with Crippen LogP contribution >= 0.6 is 0 Å². The normalized spacial score (nSPS) is 16.2. The number of hydrogen-bond donors (Lipinski definition) is 0. The maximum atomic E-state index is 5.86. The van der Waals surface area contributed by atoms with Gasteiger partial charge < -0.3 is 9.47 Å². The summed E-state index contributed by atoms with van der Waals surface area (Å²) in [6.07, 6.45) is 5.91. The second-order valence-corrected chi connectivity index (χ2v) is 4.37. The van der Waals surface area contributed by atoms with Crippen LogP contribution in [0, 0.1) is 0 Å². The van der Waals surface area contributed by atoms with E-state index in [0.717, 1.165) is 22.6 Å². The van der Waals surface area contributed by atoms with Crippen molar-refractivity contribution in [2.45, 2.75) is 19.4 Å². The molecule has 0 saturated heterocycles. The van der Waals surface area contributed by atoms with Crippen LogP contribution in [-0.2, 0) is 0 Å². The molecule has 1 heterocycles. The fourth-order valence-corrected chi connectivity index (χ4v) is 1.76. The summed E-state index contributed by atoms with van der Waals surface area (Å²) < 4.78 is 11.2. The molecule has 1 aromatic carbocycles. The number of rotatable bonds is 2. The van der Waals surface area contributed by atoms with E-state index in [-0.39, 0.29) is 5.60 Å². The molecule has 0 aliphatic carbocycles.